The molecule has 7 heteroatoms. The number of hydrogen-bond acceptors (Lipinski definition) is 4. The lowest BCUT2D eigenvalue weighted by molar-refractivity contribution is -0.125. The van der Waals surface area contributed by atoms with Gasteiger partial charge in [-0.15, -0.1) is 0 Å². The number of nitrogens with one attached hydrogen (secondary N) is 1. The van der Waals surface area contributed by atoms with Crippen LogP contribution in [0.5, 0.6) is 5.75 Å². The van der Waals surface area contributed by atoms with Crippen LogP contribution in [-0.2, 0) is 4.79 Å². The van der Waals surface area contributed by atoms with Gasteiger partial charge in [-0.1, -0.05) is 36.9 Å². The number of pyridine rings is 2. The number of hydrogen-bond donors (Lipinski definition) is 1. The van der Waals surface area contributed by atoms with E-state index in [4.69, 9.17) is 4.74 Å². The van der Waals surface area contributed by atoms with Gasteiger partial charge in [0, 0.05) is 36.1 Å². The number of fused-ring (bicyclic) bond motifs is 1. The average molecular weight is 440 g/mol. The second kappa shape index (κ2) is 8.70. The minimum atomic E-state index is -0.457. The molecule has 1 aliphatic rings. The highest BCUT2D eigenvalue weighted by molar-refractivity contribution is 6.02. The van der Waals surface area contributed by atoms with Gasteiger partial charge in [-0.3, -0.25) is 14.8 Å². The number of ether oxygens (including phenoxy) is 1. The first kappa shape index (κ1) is 20.6. The molecule has 0 radical (unpaired) electrons. The summed E-state index contributed by atoms with van der Waals surface area (Å²) in [5.41, 5.74) is 5.38. The van der Waals surface area contributed by atoms with Crippen LogP contribution in [0.1, 0.15) is 6.42 Å². The van der Waals surface area contributed by atoms with Gasteiger partial charge in [-0.25, -0.2) is 4.39 Å². The van der Waals surface area contributed by atoms with Crippen molar-refractivity contribution < 1.29 is 13.9 Å². The molecule has 1 atom stereocenters. The molecule has 33 heavy (non-hydrogen) atoms. The van der Waals surface area contributed by atoms with E-state index in [1.807, 2.05) is 48.5 Å². The molecule has 0 saturated carbocycles. The number of amides is 1. The fourth-order valence-corrected chi connectivity index (χ4v) is 4.12. The van der Waals surface area contributed by atoms with Gasteiger partial charge in [0.15, 0.2) is 0 Å². The van der Waals surface area contributed by atoms with Crippen LogP contribution in [-0.4, -0.2) is 38.4 Å². The Balaban J connectivity index is 1.53. The normalized spacial score (nSPS) is 15.5. The Kier molecular flexibility index (Phi) is 5.44. The van der Waals surface area contributed by atoms with Gasteiger partial charge in [0.25, 0.3) is 0 Å². The fraction of sp³-hybridized carbons (Fsp3) is 0.115. The van der Waals surface area contributed by atoms with E-state index in [9.17, 15) is 9.18 Å². The molecule has 0 fully saturated rings. The van der Waals surface area contributed by atoms with Crippen molar-refractivity contribution in [1.29, 1.82) is 0 Å². The molecule has 0 aliphatic carbocycles. The molecule has 3 aromatic heterocycles. The molecule has 1 amide bonds. The quantitative estimate of drug-likeness (QED) is 0.415. The number of halogens is 1. The lowest BCUT2D eigenvalue weighted by Gasteiger charge is -2.22. The monoisotopic (exact) mass is 440 g/mol. The maximum absolute atomic E-state index is 13.9. The minimum Gasteiger partial charge on any atom is -0.489 e. The summed E-state index contributed by atoms with van der Waals surface area (Å²) in [6, 6.07) is 15.3. The van der Waals surface area contributed by atoms with E-state index in [0.29, 0.717) is 5.75 Å². The number of H-pyrrole nitrogens is 1. The van der Waals surface area contributed by atoms with Crippen LogP contribution in [0, 0.1) is 0 Å². The third-order valence-electron chi connectivity index (χ3n) is 5.63. The first-order chi connectivity index (χ1) is 16.2. The Morgan fingerprint density at radius 2 is 2.06 bits per heavy atom. The second-order valence-corrected chi connectivity index (χ2v) is 7.71. The van der Waals surface area contributed by atoms with Gasteiger partial charge < -0.3 is 14.6 Å². The summed E-state index contributed by atoms with van der Waals surface area (Å²) in [4.78, 5) is 25.7. The SMILES string of the molecule is C=CC(=O)N1C=C(F)C[C@H]1COc1cnccc1-c1[nH]c2cccnc2c1-c1ccccc1. The number of aromatic amines is 1. The molecular weight excluding hydrogens is 419 g/mol. The summed E-state index contributed by atoms with van der Waals surface area (Å²) in [6.45, 7) is 3.60. The number of rotatable bonds is 6. The Hall–Kier alpha value is -4.26. The first-order valence-corrected chi connectivity index (χ1v) is 10.6. The van der Waals surface area contributed by atoms with Crippen LogP contribution in [0.2, 0.25) is 0 Å². The highest BCUT2D eigenvalue weighted by Gasteiger charge is 2.29. The highest BCUT2D eigenvalue weighted by Crippen LogP contribution is 2.40. The van der Waals surface area contributed by atoms with Crippen molar-refractivity contribution in [3.05, 3.63) is 91.8 Å². The van der Waals surface area contributed by atoms with E-state index < -0.39 is 6.04 Å². The lowest BCUT2D eigenvalue weighted by Crippen LogP contribution is -2.36. The van der Waals surface area contributed by atoms with Crippen molar-refractivity contribution >= 4 is 16.9 Å². The van der Waals surface area contributed by atoms with Gasteiger partial charge in [-0.05, 0) is 29.8 Å². The summed E-state index contributed by atoms with van der Waals surface area (Å²) in [7, 11) is 0. The Bertz CT molecular complexity index is 1360. The minimum absolute atomic E-state index is 0.0980. The van der Waals surface area contributed by atoms with Crippen LogP contribution in [0.3, 0.4) is 0 Å². The van der Waals surface area contributed by atoms with Gasteiger partial charge in [0.1, 0.15) is 18.2 Å². The summed E-state index contributed by atoms with van der Waals surface area (Å²) >= 11 is 0. The molecule has 4 heterocycles. The Morgan fingerprint density at radius 3 is 2.88 bits per heavy atom. The van der Waals surface area contributed by atoms with E-state index >= 15 is 0 Å². The van der Waals surface area contributed by atoms with E-state index in [1.54, 1.807) is 18.6 Å². The zero-order valence-electron chi connectivity index (χ0n) is 17.7. The third-order valence-corrected chi connectivity index (χ3v) is 5.63. The molecule has 1 aliphatic heterocycles. The highest BCUT2D eigenvalue weighted by atomic mass is 19.1. The van der Waals surface area contributed by atoms with Crippen LogP contribution in [0.15, 0.2) is 91.8 Å². The summed E-state index contributed by atoms with van der Waals surface area (Å²) < 4.78 is 20.0. The van der Waals surface area contributed by atoms with Gasteiger partial charge in [0.05, 0.1) is 29.0 Å². The average Bonchev–Trinajstić information content (AvgIpc) is 3.43. The number of aromatic nitrogens is 3. The van der Waals surface area contributed by atoms with E-state index in [-0.39, 0.29) is 24.8 Å². The van der Waals surface area contributed by atoms with Crippen molar-refractivity contribution in [1.82, 2.24) is 19.9 Å². The number of carbonyl (C=O) groups is 1. The number of nitrogens with zero attached hydrogens (tertiary/aromatic N) is 3. The van der Waals surface area contributed by atoms with E-state index in [1.165, 1.54) is 17.2 Å². The molecule has 5 rings (SSSR count). The van der Waals surface area contributed by atoms with Crippen LogP contribution < -0.4 is 4.74 Å². The predicted molar refractivity (Wildman–Crippen MR) is 125 cm³/mol. The molecule has 0 bridgehead atoms. The van der Waals surface area contributed by atoms with Gasteiger partial charge in [0.2, 0.25) is 5.91 Å². The number of benzene rings is 1. The summed E-state index contributed by atoms with van der Waals surface area (Å²) in [5, 5.41) is 0. The van der Waals surface area contributed by atoms with Gasteiger partial charge in [-0.2, -0.15) is 0 Å². The fourth-order valence-electron chi connectivity index (χ4n) is 4.12. The molecule has 6 nitrogen and oxygen atoms in total. The summed E-state index contributed by atoms with van der Waals surface area (Å²) in [6.07, 6.45) is 7.56. The number of carbonyl (C=O) groups excluding carboxylic acids is 1. The molecule has 0 spiro atoms. The van der Waals surface area contributed by atoms with Crippen molar-refractivity contribution in [3.63, 3.8) is 0 Å². The third kappa shape index (κ3) is 3.89. The molecule has 1 aromatic carbocycles. The zero-order valence-corrected chi connectivity index (χ0v) is 17.7. The molecule has 4 aromatic rings. The van der Waals surface area contributed by atoms with Crippen molar-refractivity contribution in [2.75, 3.05) is 6.61 Å². The lowest BCUT2D eigenvalue weighted by atomic mass is 10.0. The van der Waals surface area contributed by atoms with Crippen LogP contribution >= 0.6 is 0 Å². The van der Waals surface area contributed by atoms with Gasteiger partial charge >= 0.3 is 0 Å². The molecule has 1 N–H and O–H groups in total. The standard InChI is InChI=1S/C26H21FN4O2/c1-2-23(32)31-15-18(27)13-19(31)16-33-22-14-28-12-10-20(22)25-24(17-7-4-3-5-8-17)26-21(30-25)9-6-11-29-26/h2-12,14-15,19,30H,1,13,16H2/t19-/m0/s1. The summed E-state index contributed by atoms with van der Waals surface area (Å²) in [5.74, 6) is -0.200. The maximum Gasteiger partial charge on any atom is 0.250 e. The second-order valence-electron chi connectivity index (χ2n) is 7.71. The maximum atomic E-state index is 13.9. The molecule has 0 saturated heterocycles. The Morgan fingerprint density at radius 1 is 1.21 bits per heavy atom. The smallest absolute Gasteiger partial charge is 0.250 e. The molecule has 164 valence electrons. The van der Waals surface area contributed by atoms with Crippen molar-refractivity contribution in [2.24, 2.45) is 0 Å². The van der Waals surface area contributed by atoms with E-state index in [0.717, 1.165) is 33.4 Å². The van der Waals surface area contributed by atoms with Crippen molar-refractivity contribution in [3.8, 4) is 28.1 Å². The topological polar surface area (TPSA) is 71.1 Å². The predicted octanol–water partition coefficient (Wildman–Crippen LogP) is 5.27. The Labute approximate surface area is 190 Å². The first-order valence-electron chi connectivity index (χ1n) is 10.6. The van der Waals surface area contributed by atoms with E-state index in [2.05, 4.69) is 21.5 Å². The van der Waals surface area contributed by atoms with Crippen LogP contribution in [0.25, 0.3) is 33.4 Å². The molecular formula is C26H21FN4O2. The largest absolute Gasteiger partial charge is 0.489 e. The van der Waals surface area contributed by atoms with Crippen LogP contribution in [0.4, 0.5) is 4.39 Å². The molecule has 0 unspecified atom stereocenters. The zero-order chi connectivity index (χ0) is 22.8. The van der Waals surface area contributed by atoms with Crippen molar-refractivity contribution in [2.45, 2.75) is 12.5 Å².